The zero-order valence-corrected chi connectivity index (χ0v) is 15.8. The third-order valence-electron chi connectivity index (χ3n) is 3.72. The highest BCUT2D eigenvalue weighted by Gasteiger charge is 2.21. The molecule has 0 bridgehead atoms. The Morgan fingerprint density at radius 3 is 3.04 bits per heavy atom. The second kappa shape index (κ2) is 9.81. The smallest absolute Gasteiger partial charge is 0.246 e. The molecule has 2 rings (SSSR count). The van der Waals surface area contributed by atoms with Crippen LogP contribution in [0.1, 0.15) is 19.4 Å². The molecule has 0 spiro atoms. The average molecular weight is 398 g/mol. The summed E-state index contributed by atoms with van der Waals surface area (Å²) in [6, 6.07) is 5.83. The van der Waals surface area contributed by atoms with E-state index in [1.54, 1.807) is 12.2 Å². The summed E-state index contributed by atoms with van der Waals surface area (Å²) in [4.78, 5) is 14.2. The van der Waals surface area contributed by atoms with Gasteiger partial charge in [0.25, 0.3) is 0 Å². The molecule has 1 saturated heterocycles. The van der Waals surface area contributed by atoms with Crippen LogP contribution >= 0.6 is 15.9 Å². The molecule has 0 radical (unpaired) electrons. The van der Waals surface area contributed by atoms with Gasteiger partial charge in [0.05, 0.1) is 25.9 Å². The van der Waals surface area contributed by atoms with Crippen LogP contribution in [0, 0.1) is 0 Å². The van der Waals surface area contributed by atoms with Gasteiger partial charge in [-0.25, -0.2) is 0 Å². The Morgan fingerprint density at radius 1 is 1.46 bits per heavy atom. The number of hydrogen-bond acceptors (Lipinski definition) is 4. The fourth-order valence-electron chi connectivity index (χ4n) is 2.45. The molecule has 1 aliphatic heterocycles. The zero-order chi connectivity index (χ0) is 17.4. The lowest BCUT2D eigenvalue weighted by Gasteiger charge is -2.32. The van der Waals surface area contributed by atoms with E-state index in [4.69, 9.17) is 14.2 Å². The van der Waals surface area contributed by atoms with Crippen LogP contribution in [0.2, 0.25) is 0 Å². The number of carbonyl (C=O) groups is 1. The number of rotatable bonds is 7. The van der Waals surface area contributed by atoms with E-state index in [-0.39, 0.29) is 11.9 Å². The van der Waals surface area contributed by atoms with Crippen LogP contribution in [0.25, 0.3) is 6.08 Å². The third-order valence-corrected chi connectivity index (χ3v) is 4.21. The minimum absolute atomic E-state index is 0.00829. The van der Waals surface area contributed by atoms with Crippen molar-refractivity contribution < 1.29 is 19.0 Å². The van der Waals surface area contributed by atoms with Gasteiger partial charge in [-0.2, -0.15) is 0 Å². The molecule has 24 heavy (non-hydrogen) atoms. The molecule has 5 nitrogen and oxygen atoms in total. The summed E-state index contributed by atoms with van der Waals surface area (Å²) < 4.78 is 17.3. The third kappa shape index (κ3) is 5.61. The summed E-state index contributed by atoms with van der Waals surface area (Å²) in [6.07, 6.45) is 3.39. The molecule has 132 valence electrons. The van der Waals surface area contributed by atoms with E-state index >= 15 is 0 Å². The predicted octanol–water partition coefficient (Wildman–Crippen LogP) is 3.12. The van der Waals surface area contributed by atoms with Gasteiger partial charge >= 0.3 is 0 Å². The van der Waals surface area contributed by atoms with Gasteiger partial charge in [0.1, 0.15) is 12.4 Å². The topological polar surface area (TPSA) is 48.0 Å². The van der Waals surface area contributed by atoms with Crippen molar-refractivity contribution in [3.05, 3.63) is 34.3 Å². The summed E-state index contributed by atoms with van der Waals surface area (Å²) >= 11 is 3.46. The Kier molecular flexibility index (Phi) is 7.75. The molecule has 0 aromatic heterocycles. The van der Waals surface area contributed by atoms with Gasteiger partial charge in [-0.15, -0.1) is 0 Å². The first-order valence-electron chi connectivity index (χ1n) is 8.18. The van der Waals surface area contributed by atoms with Gasteiger partial charge in [-0.3, -0.25) is 4.79 Å². The molecule has 0 saturated carbocycles. The maximum Gasteiger partial charge on any atom is 0.246 e. The van der Waals surface area contributed by atoms with Crippen molar-refractivity contribution in [1.82, 2.24) is 4.90 Å². The summed E-state index contributed by atoms with van der Waals surface area (Å²) in [7, 11) is 0. The van der Waals surface area contributed by atoms with E-state index in [9.17, 15) is 4.79 Å². The lowest BCUT2D eigenvalue weighted by atomic mass is 10.1. The number of morpholine rings is 1. The number of carbonyl (C=O) groups excluding carboxylic acids is 1. The average Bonchev–Trinajstić information content (AvgIpc) is 2.58. The van der Waals surface area contributed by atoms with E-state index in [0.717, 1.165) is 15.8 Å². The molecule has 1 aliphatic rings. The van der Waals surface area contributed by atoms with Crippen molar-refractivity contribution in [2.75, 3.05) is 39.6 Å². The van der Waals surface area contributed by atoms with Crippen LogP contribution in [0.4, 0.5) is 0 Å². The highest BCUT2D eigenvalue weighted by molar-refractivity contribution is 9.10. The van der Waals surface area contributed by atoms with Crippen LogP contribution in [-0.2, 0) is 14.3 Å². The van der Waals surface area contributed by atoms with Crippen LogP contribution in [0.15, 0.2) is 28.7 Å². The first-order valence-corrected chi connectivity index (χ1v) is 8.97. The first-order chi connectivity index (χ1) is 11.6. The molecular weight excluding hydrogens is 374 g/mol. The van der Waals surface area contributed by atoms with Crippen molar-refractivity contribution in [3.8, 4) is 5.75 Å². The molecule has 1 aromatic rings. The SMILES string of the molecule is CCOCCOc1ccc(Br)cc1/C=C/C(=O)N1CCOCC1C. The van der Waals surface area contributed by atoms with E-state index in [2.05, 4.69) is 15.9 Å². The summed E-state index contributed by atoms with van der Waals surface area (Å²) in [5.41, 5.74) is 0.857. The molecule has 1 atom stereocenters. The van der Waals surface area contributed by atoms with Crippen LogP contribution in [0.5, 0.6) is 5.75 Å². The molecule has 6 heteroatoms. The second-order valence-corrected chi connectivity index (χ2v) is 6.43. The van der Waals surface area contributed by atoms with E-state index in [1.807, 2.05) is 36.9 Å². The number of amides is 1. The summed E-state index contributed by atoms with van der Waals surface area (Å²) in [6.45, 7) is 7.43. The van der Waals surface area contributed by atoms with Gasteiger partial charge < -0.3 is 19.1 Å². The summed E-state index contributed by atoms with van der Waals surface area (Å²) in [5, 5.41) is 0. The number of nitrogens with zero attached hydrogens (tertiary/aromatic N) is 1. The van der Waals surface area contributed by atoms with Gasteiger partial charge in [0, 0.05) is 29.3 Å². The molecule has 0 aliphatic carbocycles. The Balaban J connectivity index is 2.03. The largest absolute Gasteiger partial charge is 0.491 e. The number of hydrogen-bond donors (Lipinski definition) is 0. The van der Waals surface area contributed by atoms with E-state index in [0.29, 0.717) is 39.6 Å². The quantitative estimate of drug-likeness (QED) is 0.523. The predicted molar refractivity (Wildman–Crippen MR) is 97.2 cm³/mol. The van der Waals surface area contributed by atoms with Crippen molar-refractivity contribution in [2.45, 2.75) is 19.9 Å². The molecule has 1 unspecified atom stereocenters. The van der Waals surface area contributed by atoms with Crippen LogP contribution in [-0.4, -0.2) is 56.4 Å². The van der Waals surface area contributed by atoms with Crippen LogP contribution in [0.3, 0.4) is 0 Å². The number of halogens is 1. The Hall–Kier alpha value is -1.37. The number of benzene rings is 1. The van der Waals surface area contributed by atoms with Gasteiger partial charge in [-0.1, -0.05) is 15.9 Å². The number of ether oxygens (including phenoxy) is 3. The molecule has 1 fully saturated rings. The standard InChI is InChI=1S/C18H24BrNO4/c1-3-22-10-11-24-17-6-5-16(19)12-15(17)4-7-18(21)20-8-9-23-13-14(20)2/h4-7,12,14H,3,8-11,13H2,1-2H3/b7-4+. The minimum Gasteiger partial charge on any atom is -0.491 e. The molecule has 1 amide bonds. The monoisotopic (exact) mass is 397 g/mol. The Morgan fingerprint density at radius 2 is 2.29 bits per heavy atom. The van der Waals surface area contributed by atoms with E-state index < -0.39 is 0 Å². The summed E-state index contributed by atoms with van der Waals surface area (Å²) in [5.74, 6) is 0.725. The minimum atomic E-state index is -0.00829. The second-order valence-electron chi connectivity index (χ2n) is 5.52. The lowest BCUT2D eigenvalue weighted by molar-refractivity contribution is -0.133. The molecular formula is C18H24BrNO4. The highest BCUT2D eigenvalue weighted by atomic mass is 79.9. The van der Waals surface area contributed by atoms with Crippen molar-refractivity contribution >= 4 is 27.9 Å². The maximum atomic E-state index is 12.4. The highest BCUT2D eigenvalue weighted by Crippen LogP contribution is 2.24. The fraction of sp³-hybridized carbons (Fsp3) is 0.500. The van der Waals surface area contributed by atoms with Crippen LogP contribution < -0.4 is 4.74 Å². The maximum absolute atomic E-state index is 12.4. The molecule has 1 heterocycles. The van der Waals surface area contributed by atoms with Gasteiger partial charge in [0.15, 0.2) is 0 Å². The first kappa shape index (κ1) is 19.0. The Bertz CT molecular complexity index is 576. The van der Waals surface area contributed by atoms with Crippen molar-refractivity contribution in [3.63, 3.8) is 0 Å². The normalized spacial score (nSPS) is 18.1. The fourth-order valence-corrected chi connectivity index (χ4v) is 2.83. The molecule has 0 N–H and O–H groups in total. The van der Waals surface area contributed by atoms with Crippen molar-refractivity contribution in [1.29, 1.82) is 0 Å². The molecule has 1 aromatic carbocycles. The van der Waals surface area contributed by atoms with Gasteiger partial charge in [0.2, 0.25) is 5.91 Å². The van der Waals surface area contributed by atoms with Gasteiger partial charge in [-0.05, 0) is 38.1 Å². The Labute approximate surface area is 151 Å². The van der Waals surface area contributed by atoms with E-state index in [1.165, 1.54) is 0 Å². The zero-order valence-electron chi connectivity index (χ0n) is 14.2. The lowest BCUT2D eigenvalue weighted by Crippen LogP contribution is -2.46. The van der Waals surface area contributed by atoms with Crippen molar-refractivity contribution in [2.24, 2.45) is 0 Å².